The van der Waals surface area contributed by atoms with Crippen molar-refractivity contribution in [2.75, 3.05) is 5.32 Å². The molecule has 5 heteroatoms. The molecular weight excluding hydrogens is 276 g/mol. The predicted octanol–water partition coefficient (Wildman–Crippen LogP) is 3.23. The Morgan fingerprint density at radius 2 is 2.23 bits per heavy atom. The molecule has 0 amide bonds. The number of hydrogen-bond acceptors (Lipinski definition) is 4. The number of hydrogen-bond donors (Lipinski definition) is 1. The van der Waals surface area contributed by atoms with Gasteiger partial charge >= 0.3 is 0 Å². The molecule has 0 spiro atoms. The number of aromatic nitrogens is 2. The minimum Gasteiger partial charge on any atom is -0.377 e. The van der Waals surface area contributed by atoms with Gasteiger partial charge in [-0.15, -0.1) is 0 Å². The number of anilines is 1. The minimum absolute atomic E-state index is 0.0196. The number of nitrogens with one attached hydrogen (secondary N) is 1. The molecule has 0 fully saturated rings. The Hall–Kier alpha value is -2.61. The third-order valence-corrected chi connectivity index (χ3v) is 3.35. The van der Waals surface area contributed by atoms with Crippen LogP contribution in [-0.2, 0) is 13.1 Å². The van der Waals surface area contributed by atoms with Gasteiger partial charge in [0.2, 0.25) is 0 Å². The van der Waals surface area contributed by atoms with E-state index in [-0.39, 0.29) is 5.78 Å². The van der Waals surface area contributed by atoms with E-state index in [1.807, 2.05) is 6.20 Å². The maximum atomic E-state index is 11.5. The van der Waals surface area contributed by atoms with Gasteiger partial charge in [0.05, 0.1) is 17.8 Å². The standard InChI is InChI=1S/C17H20N4O/c1-12(2)11-21-7-6-19-17(21)10-20-16-8-14(13(3)22)4-5-15(16)9-18/h4-8,12,20H,10-11H2,1-3H3. The Labute approximate surface area is 130 Å². The van der Waals surface area contributed by atoms with Gasteiger partial charge in [0, 0.05) is 24.5 Å². The van der Waals surface area contributed by atoms with Crippen molar-refractivity contribution in [3.05, 3.63) is 47.5 Å². The van der Waals surface area contributed by atoms with E-state index in [1.165, 1.54) is 6.92 Å². The first-order chi connectivity index (χ1) is 10.5. The summed E-state index contributed by atoms with van der Waals surface area (Å²) in [6.07, 6.45) is 3.73. The highest BCUT2D eigenvalue weighted by Gasteiger charge is 2.09. The second-order valence-electron chi connectivity index (χ2n) is 5.67. The molecule has 1 aromatic heterocycles. The second-order valence-corrected chi connectivity index (χ2v) is 5.67. The highest BCUT2D eigenvalue weighted by Crippen LogP contribution is 2.18. The molecule has 0 unspecified atom stereocenters. The SMILES string of the molecule is CC(=O)c1ccc(C#N)c(NCc2nccn2CC(C)C)c1. The minimum atomic E-state index is -0.0196. The highest BCUT2D eigenvalue weighted by molar-refractivity contribution is 5.95. The Morgan fingerprint density at radius 3 is 2.86 bits per heavy atom. The maximum Gasteiger partial charge on any atom is 0.159 e. The van der Waals surface area contributed by atoms with Gasteiger partial charge in [-0.2, -0.15) is 5.26 Å². The van der Waals surface area contributed by atoms with E-state index in [9.17, 15) is 10.1 Å². The predicted molar refractivity (Wildman–Crippen MR) is 85.6 cm³/mol. The van der Waals surface area contributed by atoms with Crippen LogP contribution in [0, 0.1) is 17.2 Å². The number of imidazole rings is 1. The number of rotatable bonds is 6. The van der Waals surface area contributed by atoms with Crippen LogP contribution < -0.4 is 5.32 Å². The van der Waals surface area contributed by atoms with E-state index < -0.39 is 0 Å². The van der Waals surface area contributed by atoms with E-state index in [0.717, 1.165) is 12.4 Å². The molecular formula is C17H20N4O. The third kappa shape index (κ3) is 3.73. The van der Waals surface area contributed by atoms with Gasteiger partial charge in [-0.3, -0.25) is 4.79 Å². The van der Waals surface area contributed by atoms with Crippen LogP contribution in [0.15, 0.2) is 30.6 Å². The first-order valence-corrected chi connectivity index (χ1v) is 7.30. The van der Waals surface area contributed by atoms with Gasteiger partial charge in [0.15, 0.2) is 5.78 Å². The Morgan fingerprint density at radius 1 is 1.45 bits per heavy atom. The highest BCUT2D eigenvalue weighted by atomic mass is 16.1. The first kappa shape index (κ1) is 15.8. The Balaban J connectivity index is 2.18. The fourth-order valence-electron chi connectivity index (χ4n) is 2.25. The quantitative estimate of drug-likeness (QED) is 0.831. The molecule has 0 aliphatic heterocycles. The molecule has 2 rings (SSSR count). The number of carbonyl (C=O) groups excluding carboxylic acids is 1. The van der Waals surface area contributed by atoms with Crippen LogP contribution >= 0.6 is 0 Å². The smallest absolute Gasteiger partial charge is 0.159 e. The number of ketones is 1. The summed E-state index contributed by atoms with van der Waals surface area (Å²) in [6.45, 7) is 7.23. The molecule has 0 atom stereocenters. The molecule has 0 saturated carbocycles. The van der Waals surface area contributed by atoms with Crippen LogP contribution in [0.3, 0.4) is 0 Å². The van der Waals surface area contributed by atoms with Crippen LogP contribution in [-0.4, -0.2) is 15.3 Å². The topological polar surface area (TPSA) is 70.7 Å². The van der Waals surface area contributed by atoms with Gasteiger partial charge < -0.3 is 9.88 Å². The largest absolute Gasteiger partial charge is 0.377 e. The van der Waals surface area contributed by atoms with Gasteiger partial charge in [0.25, 0.3) is 0 Å². The molecule has 5 nitrogen and oxygen atoms in total. The van der Waals surface area contributed by atoms with Crippen molar-refractivity contribution in [2.45, 2.75) is 33.9 Å². The Kier molecular flexibility index (Phi) is 4.95. The lowest BCUT2D eigenvalue weighted by molar-refractivity contribution is 0.101. The van der Waals surface area contributed by atoms with Crippen molar-refractivity contribution >= 4 is 11.5 Å². The van der Waals surface area contributed by atoms with Crippen molar-refractivity contribution in [3.63, 3.8) is 0 Å². The van der Waals surface area contributed by atoms with Crippen molar-refractivity contribution in [1.82, 2.24) is 9.55 Å². The number of nitrogens with zero attached hydrogens (tertiary/aromatic N) is 3. The summed E-state index contributed by atoms with van der Waals surface area (Å²) in [6, 6.07) is 7.20. The molecule has 0 radical (unpaired) electrons. The van der Waals surface area contributed by atoms with E-state index in [1.54, 1.807) is 24.4 Å². The second kappa shape index (κ2) is 6.90. The zero-order chi connectivity index (χ0) is 16.1. The zero-order valence-corrected chi connectivity index (χ0v) is 13.1. The van der Waals surface area contributed by atoms with E-state index in [2.05, 4.69) is 34.8 Å². The van der Waals surface area contributed by atoms with E-state index in [4.69, 9.17) is 0 Å². The van der Waals surface area contributed by atoms with Crippen LogP contribution in [0.1, 0.15) is 42.5 Å². The van der Waals surface area contributed by atoms with Gasteiger partial charge in [-0.25, -0.2) is 4.98 Å². The zero-order valence-electron chi connectivity index (χ0n) is 13.1. The Bertz CT molecular complexity index is 710. The summed E-state index contributed by atoms with van der Waals surface area (Å²) >= 11 is 0. The van der Waals surface area contributed by atoms with Crippen molar-refractivity contribution < 1.29 is 4.79 Å². The molecule has 1 aromatic carbocycles. The molecule has 0 aliphatic carbocycles. The van der Waals surface area contributed by atoms with Crippen LogP contribution in [0.4, 0.5) is 5.69 Å². The summed E-state index contributed by atoms with van der Waals surface area (Å²) in [7, 11) is 0. The van der Waals surface area contributed by atoms with E-state index in [0.29, 0.717) is 29.3 Å². The van der Waals surface area contributed by atoms with Gasteiger partial charge in [-0.1, -0.05) is 13.8 Å². The van der Waals surface area contributed by atoms with Gasteiger partial charge in [-0.05, 0) is 31.0 Å². The molecule has 114 valence electrons. The summed E-state index contributed by atoms with van der Waals surface area (Å²) in [5.41, 5.74) is 1.77. The van der Waals surface area contributed by atoms with Crippen LogP contribution in [0.2, 0.25) is 0 Å². The normalized spacial score (nSPS) is 10.5. The number of nitriles is 1. The van der Waals surface area contributed by atoms with Crippen molar-refractivity contribution in [3.8, 4) is 6.07 Å². The first-order valence-electron chi connectivity index (χ1n) is 7.30. The van der Waals surface area contributed by atoms with Crippen LogP contribution in [0.25, 0.3) is 0 Å². The van der Waals surface area contributed by atoms with Gasteiger partial charge in [0.1, 0.15) is 11.9 Å². The van der Waals surface area contributed by atoms with Crippen molar-refractivity contribution in [1.29, 1.82) is 5.26 Å². The average molecular weight is 296 g/mol. The summed E-state index contributed by atoms with van der Waals surface area (Å²) in [5, 5.41) is 12.4. The lowest BCUT2D eigenvalue weighted by Gasteiger charge is -2.13. The summed E-state index contributed by atoms with van der Waals surface area (Å²) < 4.78 is 2.10. The lowest BCUT2D eigenvalue weighted by Crippen LogP contribution is -2.12. The summed E-state index contributed by atoms with van der Waals surface area (Å²) in [4.78, 5) is 15.8. The maximum absolute atomic E-state index is 11.5. The molecule has 1 heterocycles. The molecule has 2 aromatic rings. The monoisotopic (exact) mass is 296 g/mol. The molecule has 0 saturated heterocycles. The fourth-order valence-corrected chi connectivity index (χ4v) is 2.25. The average Bonchev–Trinajstić information content (AvgIpc) is 2.91. The molecule has 22 heavy (non-hydrogen) atoms. The molecule has 0 bridgehead atoms. The molecule has 1 N–H and O–H groups in total. The number of benzene rings is 1. The third-order valence-electron chi connectivity index (χ3n) is 3.35. The van der Waals surface area contributed by atoms with Crippen molar-refractivity contribution in [2.24, 2.45) is 5.92 Å². The lowest BCUT2D eigenvalue weighted by atomic mass is 10.1. The number of carbonyl (C=O) groups is 1. The fraction of sp³-hybridized carbons (Fsp3) is 0.353. The number of Topliss-reactive ketones (excluding diaryl/α,β-unsaturated/α-hetero) is 1. The van der Waals surface area contributed by atoms with Crippen LogP contribution in [0.5, 0.6) is 0 Å². The molecule has 0 aliphatic rings. The summed E-state index contributed by atoms with van der Waals surface area (Å²) in [5.74, 6) is 1.42. The van der Waals surface area contributed by atoms with E-state index >= 15 is 0 Å².